The Morgan fingerprint density at radius 3 is 2.21 bits per heavy atom. The molecule has 174 valence electrons. The summed E-state index contributed by atoms with van der Waals surface area (Å²) in [5.41, 5.74) is 4.55. The monoisotopic (exact) mass is 470 g/mol. The fourth-order valence-corrected chi connectivity index (χ4v) is 4.72. The average Bonchev–Trinajstić information content (AvgIpc) is 3.28. The third kappa shape index (κ3) is 6.14. The van der Waals surface area contributed by atoms with Crippen LogP contribution in [0.25, 0.3) is 5.69 Å². The molecule has 0 aliphatic rings. The molecule has 0 saturated heterocycles. The van der Waals surface area contributed by atoms with Gasteiger partial charge in [0.1, 0.15) is 0 Å². The number of nitrogens with one attached hydrogen (secondary N) is 1. The molecule has 1 aromatic heterocycles. The molecule has 4 rings (SSSR count). The summed E-state index contributed by atoms with van der Waals surface area (Å²) in [7, 11) is 0. The van der Waals surface area contributed by atoms with E-state index in [0.29, 0.717) is 12.8 Å². The molecule has 5 nitrogen and oxygen atoms in total. The third-order valence-electron chi connectivity index (χ3n) is 5.57. The Morgan fingerprint density at radius 1 is 0.912 bits per heavy atom. The van der Waals surface area contributed by atoms with Crippen molar-refractivity contribution in [3.63, 3.8) is 0 Å². The Labute approximate surface area is 205 Å². The lowest BCUT2D eigenvalue weighted by Crippen LogP contribution is -2.31. The normalized spacial score (nSPS) is 11.8. The summed E-state index contributed by atoms with van der Waals surface area (Å²) in [6, 6.07) is 28.6. The highest BCUT2D eigenvalue weighted by atomic mass is 32.2. The minimum absolute atomic E-state index is 0.0281. The largest absolute Gasteiger partial charge is 0.346 e. The number of amides is 1. The molecule has 4 aromatic rings. The first-order chi connectivity index (χ1) is 16.6. The molecule has 0 aliphatic heterocycles. The smallest absolute Gasteiger partial charge is 0.220 e. The molecule has 1 heterocycles. The Balaban J connectivity index is 1.72. The van der Waals surface area contributed by atoms with E-state index in [1.807, 2.05) is 43.3 Å². The van der Waals surface area contributed by atoms with E-state index in [2.05, 4.69) is 75.5 Å². The second-order valence-electron chi connectivity index (χ2n) is 8.35. The van der Waals surface area contributed by atoms with Crippen LogP contribution in [0.1, 0.15) is 48.3 Å². The molecule has 0 saturated carbocycles. The van der Waals surface area contributed by atoms with Crippen LogP contribution in [0.5, 0.6) is 0 Å². The Morgan fingerprint density at radius 2 is 1.56 bits per heavy atom. The van der Waals surface area contributed by atoms with Crippen LogP contribution in [0.15, 0.2) is 90.1 Å². The van der Waals surface area contributed by atoms with E-state index in [0.717, 1.165) is 34.4 Å². The molecular weight excluding hydrogens is 440 g/mol. The predicted octanol–water partition coefficient (Wildman–Crippen LogP) is 6.07. The summed E-state index contributed by atoms with van der Waals surface area (Å²) in [4.78, 5) is 12.7. The van der Waals surface area contributed by atoms with Gasteiger partial charge in [-0.05, 0) is 43.0 Å². The van der Waals surface area contributed by atoms with Crippen molar-refractivity contribution in [1.29, 1.82) is 0 Å². The number of hydrogen-bond acceptors (Lipinski definition) is 4. The molecule has 0 spiro atoms. The summed E-state index contributed by atoms with van der Waals surface area (Å²) in [5, 5.41) is 13.2. The van der Waals surface area contributed by atoms with Crippen LogP contribution in [0.2, 0.25) is 0 Å². The van der Waals surface area contributed by atoms with E-state index in [4.69, 9.17) is 0 Å². The Kier molecular flexibility index (Phi) is 8.15. The highest BCUT2D eigenvalue weighted by Crippen LogP contribution is 2.29. The second-order valence-corrected chi connectivity index (χ2v) is 9.29. The molecule has 0 radical (unpaired) electrons. The number of carbonyl (C=O) groups excluding carboxylic acids is 1. The summed E-state index contributed by atoms with van der Waals surface area (Å²) in [5.74, 6) is 1.56. The van der Waals surface area contributed by atoms with Gasteiger partial charge in [-0.2, -0.15) is 0 Å². The van der Waals surface area contributed by atoms with Crippen LogP contribution < -0.4 is 5.32 Å². The van der Waals surface area contributed by atoms with Gasteiger partial charge in [-0.25, -0.2) is 0 Å². The molecule has 0 fully saturated rings. The van der Waals surface area contributed by atoms with Crippen LogP contribution in [-0.2, 0) is 17.0 Å². The summed E-state index contributed by atoms with van der Waals surface area (Å²) in [6.07, 6.45) is 1.93. The first kappa shape index (κ1) is 23.8. The molecule has 0 bridgehead atoms. The molecule has 3 aromatic carbocycles. The van der Waals surface area contributed by atoms with Gasteiger partial charge in [0, 0.05) is 17.9 Å². The van der Waals surface area contributed by atoms with Crippen molar-refractivity contribution in [2.24, 2.45) is 0 Å². The fraction of sp³-hybridized carbons (Fsp3) is 0.250. The number of nitrogens with zero attached hydrogens (tertiary/aromatic N) is 3. The highest BCUT2D eigenvalue weighted by Gasteiger charge is 2.24. The van der Waals surface area contributed by atoms with Crippen molar-refractivity contribution in [1.82, 2.24) is 20.1 Å². The quantitative estimate of drug-likeness (QED) is 0.286. The van der Waals surface area contributed by atoms with E-state index in [1.165, 1.54) is 11.1 Å². The second kappa shape index (κ2) is 11.7. The number of aromatic nitrogens is 3. The van der Waals surface area contributed by atoms with E-state index in [1.54, 1.807) is 11.8 Å². The van der Waals surface area contributed by atoms with Gasteiger partial charge in [0.05, 0.1) is 6.04 Å². The van der Waals surface area contributed by atoms with E-state index < -0.39 is 0 Å². The molecule has 1 amide bonds. The van der Waals surface area contributed by atoms with Crippen molar-refractivity contribution in [3.8, 4) is 5.69 Å². The first-order valence-corrected chi connectivity index (χ1v) is 12.6. The SMILES string of the molecule is CCCC(=O)NC(Cc1ccccc1)c1nnc(SCc2ccccc2)n1-c1ccc(C)cc1. The third-order valence-corrected chi connectivity index (χ3v) is 6.57. The van der Waals surface area contributed by atoms with Gasteiger partial charge in [-0.1, -0.05) is 97.0 Å². The number of rotatable bonds is 10. The molecule has 0 aliphatic carbocycles. The molecule has 34 heavy (non-hydrogen) atoms. The summed E-state index contributed by atoms with van der Waals surface area (Å²) in [6.45, 7) is 4.09. The zero-order valence-electron chi connectivity index (χ0n) is 19.6. The average molecular weight is 471 g/mol. The number of hydrogen-bond donors (Lipinski definition) is 1. The van der Waals surface area contributed by atoms with Gasteiger partial charge in [0.25, 0.3) is 0 Å². The van der Waals surface area contributed by atoms with Crippen molar-refractivity contribution >= 4 is 17.7 Å². The predicted molar refractivity (Wildman–Crippen MR) is 138 cm³/mol. The van der Waals surface area contributed by atoms with Gasteiger partial charge >= 0.3 is 0 Å². The lowest BCUT2D eigenvalue weighted by molar-refractivity contribution is -0.121. The van der Waals surface area contributed by atoms with E-state index >= 15 is 0 Å². The number of aryl methyl sites for hydroxylation is 1. The highest BCUT2D eigenvalue weighted by molar-refractivity contribution is 7.98. The van der Waals surface area contributed by atoms with Gasteiger partial charge in [0.2, 0.25) is 5.91 Å². The zero-order chi connectivity index (χ0) is 23.8. The standard InChI is InChI=1S/C28H30N4OS/c1-3-10-26(33)29-25(19-22-11-6-4-7-12-22)27-30-31-28(34-20-23-13-8-5-9-14-23)32(27)24-17-15-21(2)16-18-24/h4-9,11-18,25H,3,10,19-20H2,1-2H3,(H,29,33). The van der Waals surface area contributed by atoms with Gasteiger partial charge < -0.3 is 5.32 Å². The van der Waals surface area contributed by atoms with Crippen molar-refractivity contribution < 1.29 is 4.79 Å². The van der Waals surface area contributed by atoms with Crippen LogP contribution in [0.3, 0.4) is 0 Å². The van der Waals surface area contributed by atoms with Gasteiger partial charge in [-0.3, -0.25) is 9.36 Å². The van der Waals surface area contributed by atoms with Gasteiger partial charge in [0.15, 0.2) is 11.0 Å². The minimum atomic E-state index is -0.290. The fourth-order valence-electron chi connectivity index (χ4n) is 3.81. The molecule has 6 heteroatoms. The Hall–Kier alpha value is -3.38. The van der Waals surface area contributed by atoms with E-state index in [-0.39, 0.29) is 11.9 Å². The maximum atomic E-state index is 12.7. The van der Waals surface area contributed by atoms with Crippen LogP contribution >= 0.6 is 11.8 Å². The molecular formula is C28H30N4OS. The summed E-state index contributed by atoms with van der Waals surface area (Å²) >= 11 is 1.65. The maximum absolute atomic E-state index is 12.7. The lowest BCUT2D eigenvalue weighted by Gasteiger charge is -2.20. The van der Waals surface area contributed by atoms with Crippen molar-refractivity contribution in [3.05, 3.63) is 107 Å². The van der Waals surface area contributed by atoms with Gasteiger partial charge in [-0.15, -0.1) is 10.2 Å². The zero-order valence-corrected chi connectivity index (χ0v) is 20.5. The van der Waals surface area contributed by atoms with Crippen LogP contribution in [-0.4, -0.2) is 20.7 Å². The molecule has 1 N–H and O–H groups in total. The topological polar surface area (TPSA) is 59.8 Å². The summed E-state index contributed by atoms with van der Waals surface area (Å²) < 4.78 is 2.09. The minimum Gasteiger partial charge on any atom is -0.346 e. The molecule has 1 unspecified atom stereocenters. The van der Waals surface area contributed by atoms with Crippen LogP contribution in [0, 0.1) is 6.92 Å². The molecule has 1 atom stereocenters. The van der Waals surface area contributed by atoms with Crippen molar-refractivity contribution in [2.75, 3.05) is 0 Å². The number of carbonyl (C=O) groups is 1. The van der Waals surface area contributed by atoms with Crippen LogP contribution in [0.4, 0.5) is 0 Å². The number of benzene rings is 3. The first-order valence-electron chi connectivity index (χ1n) is 11.7. The maximum Gasteiger partial charge on any atom is 0.220 e. The van der Waals surface area contributed by atoms with Crippen molar-refractivity contribution in [2.45, 2.75) is 50.1 Å². The lowest BCUT2D eigenvalue weighted by atomic mass is 10.0. The Bertz CT molecular complexity index is 1190. The number of thioether (sulfide) groups is 1. The van der Waals surface area contributed by atoms with E-state index in [9.17, 15) is 4.79 Å².